The Morgan fingerprint density at radius 2 is 1.76 bits per heavy atom. The molecule has 156 valence electrons. The number of nitrogens with zero attached hydrogens (tertiary/aromatic N) is 2. The summed E-state index contributed by atoms with van der Waals surface area (Å²) >= 11 is 1.30. The van der Waals surface area contributed by atoms with Gasteiger partial charge in [0, 0.05) is 25.2 Å². The SMILES string of the molecule is O=C(CSc1nc2ccccc2o1)NC1CCN(C(=O)NC2CCCCC2)CC1. The van der Waals surface area contributed by atoms with Gasteiger partial charge in [0.25, 0.3) is 5.22 Å². The number of nitrogens with one attached hydrogen (secondary N) is 2. The molecule has 2 fully saturated rings. The smallest absolute Gasteiger partial charge is 0.317 e. The summed E-state index contributed by atoms with van der Waals surface area (Å²) in [7, 11) is 0. The third-order valence-corrected chi connectivity index (χ3v) is 6.51. The maximum absolute atomic E-state index is 12.4. The molecule has 0 unspecified atom stereocenters. The van der Waals surface area contributed by atoms with Gasteiger partial charge in [-0.05, 0) is 37.8 Å². The number of hydrogen-bond acceptors (Lipinski definition) is 5. The van der Waals surface area contributed by atoms with Crippen LogP contribution in [0.1, 0.15) is 44.9 Å². The van der Waals surface area contributed by atoms with Gasteiger partial charge in [0.05, 0.1) is 5.75 Å². The summed E-state index contributed by atoms with van der Waals surface area (Å²) in [6.45, 7) is 1.36. The van der Waals surface area contributed by atoms with Gasteiger partial charge in [-0.25, -0.2) is 9.78 Å². The molecule has 2 N–H and O–H groups in total. The first-order chi connectivity index (χ1) is 14.2. The number of carbonyl (C=O) groups is 2. The molecule has 0 bridgehead atoms. The Hall–Kier alpha value is -2.22. The van der Waals surface area contributed by atoms with Crippen LogP contribution in [0.25, 0.3) is 11.1 Å². The van der Waals surface area contributed by atoms with Gasteiger partial charge in [0.1, 0.15) is 5.52 Å². The lowest BCUT2D eigenvalue weighted by Crippen LogP contribution is -2.51. The number of para-hydroxylation sites is 2. The third-order valence-electron chi connectivity index (χ3n) is 5.68. The van der Waals surface area contributed by atoms with Gasteiger partial charge in [0.2, 0.25) is 5.91 Å². The highest BCUT2D eigenvalue weighted by Crippen LogP contribution is 2.23. The number of thioether (sulfide) groups is 1. The first-order valence-corrected chi connectivity index (χ1v) is 11.5. The van der Waals surface area contributed by atoms with Crippen molar-refractivity contribution < 1.29 is 14.0 Å². The summed E-state index contributed by atoms with van der Waals surface area (Å²) in [6.07, 6.45) is 7.46. The molecule has 1 saturated heterocycles. The molecule has 2 aliphatic rings. The Morgan fingerprint density at radius 1 is 1.03 bits per heavy atom. The number of rotatable bonds is 5. The Labute approximate surface area is 175 Å². The van der Waals surface area contributed by atoms with Gasteiger partial charge >= 0.3 is 6.03 Å². The molecular weight excluding hydrogens is 388 g/mol. The second kappa shape index (κ2) is 9.52. The summed E-state index contributed by atoms with van der Waals surface area (Å²) in [4.78, 5) is 31.0. The monoisotopic (exact) mass is 416 g/mol. The van der Waals surface area contributed by atoms with Crippen LogP contribution in [0.4, 0.5) is 4.79 Å². The lowest BCUT2D eigenvalue weighted by atomic mass is 9.95. The molecule has 0 atom stereocenters. The predicted molar refractivity (Wildman–Crippen MR) is 113 cm³/mol. The summed E-state index contributed by atoms with van der Waals surface area (Å²) in [5.74, 6) is 0.247. The number of amides is 3. The highest BCUT2D eigenvalue weighted by atomic mass is 32.2. The molecule has 1 aromatic carbocycles. The second-order valence-corrected chi connectivity index (χ2v) is 8.78. The molecule has 29 heavy (non-hydrogen) atoms. The lowest BCUT2D eigenvalue weighted by molar-refractivity contribution is -0.119. The van der Waals surface area contributed by atoms with Crippen molar-refractivity contribution in [2.75, 3.05) is 18.8 Å². The van der Waals surface area contributed by atoms with Crippen molar-refractivity contribution in [2.24, 2.45) is 0 Å². The van der Waals surface area contributed by atoms with Crippen LogP contribution in [0, 0.1) is 0 Å². The average Bonchev–Trinajstić information content (AvgIpc) is 3.17. The molecule has 1 saturated carbocycles. The van der Waals surface area contributed by atoms with Gasteiger partial charge in [-0.3, -0.25) is 4.79 Å². The fraction of sp³-hybridized carbons (Fsp3) is 0.571. The van der Waals surface area contributed by atoms with E-state index in [0.29, 0.717) is 24.4 Å². The van der Waals surface area contributed by atoms with Crippen LogP contribution in [0.2, 0.25) is 0 Å². The van der Waals surface area contributed by atoms with Crippen molar-refractivity contribution in [3.05, 3.63) is 24.3 Å². The molecule has 8 heteroatoms. The van der Waals surface area contributed by atoms with E-state index in [0.717, 1.165) is 36.8 Å². The van der Waals surface area contributed by atoms with Crippen LogP contribution in [0.15, 0.2) is 33.9 Å². The summed E-state index contributed by atoms with van der Waals surface area (Å²) in [5, 5.41) is 6.76. The molecule has 1 aliphatic heterocycles. The van der Waals surface area contributed by atoms with E-state index in [1.165, 1.54) is 31.0 Å². The fourth-order valence-electron chi connectivity index (χ4n) is 4.05. The van der Waals surface area contributed by atoms with Crippen LogP contribution in [0.3, 0.4) is 0 Å². The quantitative estimate of drug-likeness (QED) is 0.728. The normalized spacial score (nSPS) is 18.7. The van der Waals surface area contributed by atoms with E-state index in [-0.39, 0.29) is 23.7 Å². The van der Waals surface area contributed by atoms with E-state index >= 15 is 0 Å². The number of aromatic nitrogens is 1. The zero-order chi connectivity index (χ0) is 20.1. The van der Waals surface area contributed by atoms with Crippen LogP contribution in [0.5, 0.6) is 0 Å². The molecule has 0 spiro atoms. The van der Waals surface area contributed by atoms with E-state index in [4.69, 9.17) is 4.42 Å². The molecule has 1 aromatic heterocycles. The molecule has 2 heterocycles. The molecule has 1 aliphatic carbocycles. The number of likely N-dealkylation sites (tertiary alicyclic amines) is 1. The van der Waals surface area contributed by atoms with E-state index < -0.39 is 0 Å². The molecular formula is C21H28N4O3S. The van der Waals surface area contributed by atoms with Gasteiger partial charge in [-0.1, -0.05) is 43.2 Å². The number of carbonyl (C=O) groups excluding carboxylic acids is 2. The summed E-state index contributed by atoms with van der Waals surface area (Å²) in [5.41, 5.74) is 1.53. The van der Waals surface area contributed by atoms with Gasteiger partial charge < -0.3 is 20.0 Å². The van der Waals surface area contributed by atoms with Crippen LogP contribution in [-0.4, -0.2) is 52.7 Å². The van der Waals surface area contributed by atoms with Gasteiger partial charge in [0.15, 0.2) is 5.58 Å². The number of urea groups is 1. The maximum atomic E-state index is 12.4. The number of fused-ring (bicyclic) bond motifs is 1. The zero-order valence-electron chi connectivity index (χ0n) is 16.6. The Bertz CT molecular complexity index is 808. The molecule has 7 nitrogen and oxygen atoms in total. The van der Waals surface area contributed by atoms with Gasteiger partial charge in [-0.15, -0.1) is 0 Å². The maximum Gasteiger partial charge on any atom is 0.317 e. The number of piperidine rings is 1. The number of oxazole rings is 1. The first kappa shape index (κ1) is 20.1. The van der Waals surface area contributed by atoms with Crippen molar-refractivity contribution in [1.82, 2.24) is 20.5 Å². The van der Waals surface area contributed by atoms with Crippen molar-refractivity contribution >= 4 is 34.8 Å². The van der Waals surface area contributed by atoms with E-state index in [1.807, 2.05) is 29.2 Å². The van der Waals surface area contributed by atoms with Crippen molar-refractivity contribution in [2.45, 2.75) is 62.3 Å². The zero-order valence-corrected chi connectivity index (χ0v) is 17.4. The molecule has 3 amide bonds. The summed E-state index contributed by atoms with van der Waals surface area (Å²) < 4.78 is 5.63. The predicted octanol–water partition coefficient (Wildman–Crippen LogP) is 3.54. The van der Waals surface area contributed by atoms with E-state index in [2.05, 4.69) is 15.6 Å². The van der Waals surface area contributed by atoms with E-state index in [9.17, 15) is 9.59 Å². The van der Waals surface area contributed by atoms with Gasteiger partial charge in [-0.2, -0.15) is 0 Å². The number of hydrogen-bond donors (Lipinski definition) is 2. The number of benzene rings is 1. The largest absolute Gasteiger partial charge is 0.431 e. The van der Waals surface area contributed by atoms with Crippen molar-refractivity contribution in [3.63, 3.8) is 0 Å². The highest BCUT2D eigenvalue weighted by molar-refractivity contribution is 7.99. The Kier molecular flexibility index (Phi) is 6.59. The Morgan fingerprint density at radius 3 is 2.52 bits per heavy atom. The highest BCUT2D eigenvalue weighted by Gasteiger charge is 2.25. The van der Waals surface area contributed by atoms with Crippen LogP contribution in [-0.2, 0) is 4.79 Å². The minimum absolute atomic E-state index is 0.0256. The minimum Gasteiger partial charge on any atom is -0.431 e. The van der Waals surface area contributed by atoms with Crippen LogP contribution < -0.4 is 10.6 Å². The molecule has 4 rings (SSSR count). The second-order valence-electron chi connectivity index (χ2n) is 7.85. The first-order valence-electron chi connectivity index (χ1n) is 10.5. The summed E-state index contributed by atoms with van der Waals surface area (Å²) in [6, 6.07) is 8.06. The van der Waals surface area contributed by atoms with E-state index in [1.54, 1.807) is 0 Å². The Balaban J connectivity index is 1.17. The lowest BCUT2D eigenvalue weighted by Gasteiger charge is -2.34. The minimum atomic E-state index is -0.0256. The standard InChI is InChI=1S/C21H28N4O3S/c26-19(14-29-21-24-17-8-4-5-9-18(17)28-21)22-16-10-12-25(13-11-16)20(27)23-15-6-2-1-3-7-15/h4-5,8-9,15-16H,1-3,6-7,10-14H2,(H,22,26)(H,23,27). The molecule has 0 radical (unpaired) electrons. The van der Waals surface area contributed by atoms with Crippen molar-refractivity contribution in [1.29, 1.82) is 0 Å². The fourth-order valence-corrected chi connectivity index (χ4v) is 4.70. The van der Waals surface area contributed by atoms with Crippen LogP contribution >= 0.6 is 11.8 Å². The topological polar surface area (TPSA) is 87.5 Å². The average molecular weight is 417 g/mol. The molecule has 2 aromatic rings. The van der Waals surface area contributed by atoms with Crippen molar-refractivity contribution in [3.8, 4) is 0 Å². The third kappa shape index (κ3) is 5.44.